The quantitative estimate of drug-likeness (QED) is 0.530. The normalized spacial score (nSPS) is 10.4. The molecular weight excluding hydrogens is 411 g/mol. The molecule has 32 heavy (non-hydrogen) atoms. The Morgan fingerprint density at radius 3 is 2.34 bits per heavy atom. The largest absolute Gasteiger partial charge is 0.395 e. The Balaban J connectivity index is 0.00000121. The zero-order valence-electron chi connectivity index (χ0n) is 19.8. The summed E-state index contributed by atoms with van der Waals surface area (Å²) in [6.07, 6.45) is 1.50. The van der Waals surface area contributed by atoms with E-state index in [1.54, 1.807) is 18.2 Å². The summed E-state index contributed by atoms with van der Waals surface area (Å²) in [5.74, 6) is -0.626. The van der Waals surface area contributed by atoms with Crippen LogP contribution in [-0.2, 0) is 12.0 Å². The number of aromatic nitrogens is 3. The third-order valence-electron chi connectivity index (χ3n) is 4.12. The van der Waals surface area contributed by atoms with Gasteiger partial charge in [0.15, 0.2) is 5.82 Å². The highest BCUT2D eigenvalue weighted by molar-refractivity contribution is 5.89. The molecule has 0 aliphatic carbocycles. The SMILES string of the molecule is CC.CC.CC(C)(C)c1noc(C(=O)NCc2ccc(-c3ccnc(N)c3N)cc2F)n1. The van der Waals surface area contributed by atoms with E-state index in [1.807, 2.05) is 48.5 Å². The summed E-state index contributed by atoms with van der Waals surface area (Å²) >= 11 is 0. The van der Waals surface area contributed by atoms with Crippen LogP contribution < -0.4 is 16.8 Å². The molecule has 3 rings (SSSR count). The number of nitrogen functional groups attached to an aromatic ring is 2. The summed E-state index contributed by atoms with van der Waals surface area (Å²) in [6, 6.07) is 6.25. The molecule has 9 heteroatoms. The molecule has 2 aromatic heterocycles. The van der Waals surface area contributed by atoms with Crippen LogP contribution in [0.25, 0.3) is 11.1 Å². The maximum atomic E-state index is 14.5. The van der Waals surface area contributed by atoms with Crippen LogP contribution in [0.4, 0.5) is 15.9 Å². The van der Waals surface area contributed by atoms with Gasteiger partial charge in [-0.25, -0.2) is 9.37 Å². The monoisotopic (exact) mass is 444 g/mol. The van der Waals surface area contributed by atoms with E-state index in [0.29, 0.717) is 22.5 Å². The first-order valence-corrected chi connectivity index (χ1v) is 10.6. The number of hydrogen-bond donors (Lipinski definition) is 3. The highest BCUT2D eigenvalue weighted by Crippen LogP contribution is 2.29. The lowest BCUT2D eigenvalue weighted by Gasteiger charge is -2.11. The summed E-state index contributed by atoms with van der Waals surface area (Å²) in [5, 5.41) is 6.36. The van der Waals surface area contributed by atoms with Gasteiger partial charge in [0.1, 0.15) is 11.6 Å². The lowest BCUT2D eigenvalue weighted by atomic mass is 9.96. The molecular formula is C23H33FN6O2. The highest BCUT2D eigenvalue weighted by atomic mass is 19.1. The van der Waals surface area contributed by atoms with Crippen LogP contribution in [0.1, 0.15) is 70.5 Å². The van der Waals surface area contributed by atoms with Gasteiger partial charge >= 0.3 is 11.8 Å². The fourth-order valence-electron chi connectivity index (χ4n) is 2.47. The van der Waals surface area contributed by atoms with Crippen molar-refractivity contribution in [2.24, 2.45) is 0 Å². The second-order valence-corrected chi connectivity index (χ2v) is 7.32. The molecule has 1 aromatic carbocycles. The lowest BCUT2D eigenvalue weighted by Crippen LogP contribution is -2.24. The second kappa shape index (κ2) is 11.8. The Morgan fingerprint density at radius 1 is 1.12 bits per heavy atom. The molecule has 0 saturated heterocycles. The van der Waals surface area contributed by atoms with Crippen LogP contribution in [0.5, 0.6) is 0 Å². The van der Waals surface area contributed by atoms with Gasteiger partial charge in [-0.3, -0.25) is 4.79 Å². The minimum Gasteiger partial charge on any atom is -0.395 e. The Hall–Kier alpha value is -3.49. The first kappa shape index (κ1) is 26.5. The predicted molar refractivity (Wildman–Crippen MR) is 125 cm³/mol. The average molecular weight is 445 g/mol. The number of carbonyl (C=O) groups excluding carboxylic acids is 1. The van der Waals surface area contributed by atoms with Gasteiger partial charge in [-0.2, -0.15) is 4.98 Å². The first-order chi connectivity index (χ1) is 15.2. The third-order valence-corrected chi connectivity index (χ3v) is 4.12. The first-order valence-electron chi connectivity index (χ1n) is 10.6. The maximum absolute atomic E-state index is 14.5. The Kier molecular flexibility index (Phi) is 9.77. The fraction of sp³-hybridized carbons (Fsp3) is 0.391. The molecule has 1 amide bonds. The van der Waals surface area contributed by atoms with E-state index in [-0.39, 0.29) is 29.4 Å². The summed E-state index contributed by atoms with van der Waals surface area (Å²) < 4.78 is 19.5. The average Bonchev–Trinajstić information content (AvgIpc) is 3.29. The molecule has 0 atom stereocenters. The van der Waals surface area contributed by atoms with Crippen LogP contribution in [0.15, 0.2) is 35.0 Å². The van der Waals surface area contributed by atoms with Crippen LogP contribution >= 0.6 is 0 Å². The number of nitrogens with two attached hydrogens (primary N) is 2. The number of hydrogen-bond acceptors (Lipinski definition) is 7. The zero-order chi connectivity index (χ0) is 24.5. The summed E-state index contributed by atoms with van der Waals surface area (Å²) in [5.41, 5.74) is 13.0. The van der Waals surface area contributed by atoms with Gasteiger partial charge in [-0.15, -0.1) is 0 Å². The van der Waals surface area contributed by atoms with Crippen molar-refractivity contribution in [3.63, 3.8) is 0 Å². The topological polar surface area (TPSA) is 133 Å². The minimum absolute atomic E-state index is 0.0356. The van der Waals surface area contributed by atoms with Crippen LogP contribution in [0, 0.1) is 5.82 Å². The maximum Gasteiger partial charge on any atom is 0.315 e. The molecule has 0 saturated carbocycles. The lowest BCUT2D eigenvalue weighted by molar-refractivity contribution is 0.0906. The predicted octanol–water partition coefficient (Wildman–Crippen LogP) is 4.72. The van der Waals surface area contributed by atoms with E-state index >= 15 is 0 Å². The molecule has 0 bridgehead atoms. The van der Waals surface area contributed by atoms with Crippen molar-refractivity contribution in [1.29, 1.82) is 0 Å². The molecule has 0 spiro atoms. The van der Waals surface area contributed by atoms with Gasteiger partial charge in [0, 0.05) is 29.3 Å². The standard InChI is InChI=1S/C19H21FN6O2.2C2H6/c1-19(2,3)18-25-17(28-26-18)16(27)24-9-11-5-4-10(8-13(11)20)12-6-7-23-15(22)14(12)21;2*1-2/h4-8H,9,21H2,1-3H3,(H2,22,23)(H,24,27);2*1-2H3. The number of rotatable bonds is 4. The number of benzene rings is 1. The van der Waals surface area contributed by atoms with Gasteiger partial charge < -0.3 is 21.3 Å². The molecule has 0 aliphatic rings. The van der Waals surface area contributed by atoms with Crippen molar-refractivity contribution in [2.45, 2.75) is 60.4 Å². The van der Waals surface area contributed by atoms with E-state index in [2.05, 4.69) is 20.4 Å². The van der Waals surface area contributed by atoms with Crippen molar-refractivity contribution in [3.05, 3.63) is 53.6 Å². The summed E-state index contributed by atoms with van der Waals surface area (Å²) in [6.45, 7) is 13.7. The molecule has 2 heterocycles. The van der Waals surface area contributed by atoms with Crippen LogP contribution in [0.3, 0.4) is 0 Å². The van der Waals surface area contributed by atoms with E-state index in [0.717, 1.165) is 0 Å². The van der Waals surface area contributed by atoms with Crippen LogP contribution in [0.2, 0.25) is 0 Å². The summed E-state index contributed by atoms with van der Waals surface area (Å²) in [4.78, 5) is 20.1. The van der Waals surface area contributed by atoms with Crippen molar-refractivity contribution in [1.82, 2.24) is 20.4 Å². The number of pyridine rings is 1. The van der Waals surface area contributed by atoms with E-state index < -0.39 is 11.7 Å². The van der Waals surface area contributed by atoms with Gasteiger partial charge in [-0.05, 0) is 17.7 Å². The number of nitrogens with one attached hydrogen (secondary N) is 1. The van der Waals surface area contributed by atoms with Gasteiger partial charge in [-0.1, -0.05) is 65.8 Å². The van der Waals surface area contributed by atoms with Gasteiger partial charge in [0.2, 0.25) is 0 Å². The molecule has 174 valence electrons. The molecule has 0 unspecified atom stereocenters. The smallest absolute Gasteiger partial charge is 0.315 e. The number of nitrogens with zero attached hydrogens (tertiary/aromatic N) is 3. The van der Waals surface area contributed by atoms with Crippen molar-refractivity contribution >= 4 is 17.4 Å². The molecule has 0 radical (unpaired) electrons. The van der Waals surface area contributed by atoms with Gasteiger partial charge in [0.05, 0.1) is 5.69 Å². The Labute approximate surface area is 188 Å². The Bertz CT molecular complexity index is 1030. The number of halogens is 1. The molecule has 0 aliphatic heterocycles. The van der Waals surface area contributed by atoms with Crippen molar-refractivity contribution in [2.75, 3.05) is 11.5 Å². The number of carbonyl (C=O) groups is 1. The second-order valence-electron chi connectivity index (χ2n) is 7.32. The fourth-order valence-corrected chi connectivity index (χ4v) is 2.47. The molecule has 3 aromatic rings. The van der Waals surface area contributed by atoms with E-state index in [9.17, 15) is 9.18 Å². The Morgan fingerprint density at radius 2 is 1.78 bits per heavy atom. The third kappa shape index (κ3) is 6.50. The van der Waals surface area contributed by atoms with Crippen molar-refractivity contribution < 1.29 is 13.7 Å². The van der Waals surface area contributed by atoms with Crippen LogP contribution in [-0.4, -0.2) is 21.0 Å². The van der Waals surface area contributed by atoms with Crippen molar-refractivity contribution in [3.8, 4) is 11.1 Å². The molecule has 5 N–H and O–H groups in total. The van der Waals surface area contributed by atoms with E-state index in [1.165, 1.54) is 12.3 Å². The van der Waals surface area contributed by atoms with Gasteiger partial charge in [0.25, 0.3) is 0 Å². The summed E-state index contributed by atoms with van der Waals surface area (Å²) in [7, 11) is 0. The van der Waals surface area contributed by atoms with E-state index in [4.69, 9.17) is 16.0 Å². The highest BCUT2D eigenvalue weighted by Gasteiger charge is 2.23. The number of anilines is 2. The minimum atomic E-state index is -0.572. The molecule has 0 fully saturated rings. The molecule has 8 nitrogen and oxygen atoms in total. The number of amides is 1. The zero-order valence-corrected chi connectivity index (χ0v) is 19.8.